The lowest BCUT2D eigenvalue weighted by molar-refractivity contribution is 0.0952. The highest BCUT2D eigenvalue weighted by atomic mass is 35.5. The third-order valence-corrected chi connectivity index (χ3v) is 4.20. The van der Waals surface area contributed by atoms with Crippen LogP contribution in [0.3, 0.4) is 0 Å². The molecule has 0 saturated heterocycles. The predicted molar refractivity (Wildman–Crippen MR) is 119 cm³/mol. The number of aryl methyl sites for hydroxylation is 2. The molecule has 1 aromatic carbocycles. The van der Waals surface area contributed by atoms with E-state index >= 15 is 0 Å². The minimum Gasteiger partial charge on any atom is -0.493 e. The first-order valence-corrected chi connectivity index (χ1v) is 10.4. The van der Waals surface area contributed by atoms with Gasteiger partial charge in [-0.1, -0.05) is 66.3 Å². The second-order valence-electron chi connectivity index (χ2n) is 5.54. The molecule has 0 aliphatic heterocycles. The Morgan fingerprint density at radius 3 is 2.11 bits per heavy atom. The highest BCUT2D eigenvalue weighted by Gasteiger charge is 2.11. The maximum atomic E-state index is 6.03. The summed E-state index contributed by atoms with van der Waals surface area (Å²) < 4.78 is 12.1. The van der Waals surface area contributed by atoms with Crippen LogP contribution in [0.15, 0.2) is 45.5 Å². The van der Waals surface area contributed by atoms with Gasteiger partial charge in [-0.25, -0.2) is 0 Å². The number of hydroxylamine groups is 1. The summed E-state index contributed by atoms with van der Waals surface area (Å²) >= 11 is 22.2. The summed E-state index contributed by atoms with van der Waals surface area (Å²) in [7, 11) is 0. The second kappa shape index (κ2) is 14.9. The van der Waals surface area contributed by atoms with Gasteiger partial charge < -0.3 is 9.47 Å². The molecular weight excluding hydrogens is 444 g/mol. The Bertz CT molecular complexity index is 657. The van der Waals surface area contributed by atoms with E-state index in [0.29, 0.717) is 13.2 Å². The molecule has 0 aliphatic rings. The Balaban J connectivity index is 2.57. The van der Waals surface area contributed by atoms with Gasteiger partial charge in [-0.2, -0.15) is 0 Å². The lowest BCUT2D eigenvalue weighted by atomic mass is 10.0. The maximum absolute atomic E-state index is 6.03. The maximum Gasteiger partial charge on any atom is 0.125 e. The summed E-state index contributed by atoms with van der Waals surface area (Å²) in [5.74, 6) is 1.70. The largest absolute Gasteiger partial charge is 0.493 e. The summed E-state index contributed by atoms with van der Waals surface area (Å²) in [4.78, 5) is 5.09. The third-order valence-electron chi connectivity index (χ3n) is 3.59. The van der Waals surface area contributed by atoms with Gasteiger partial charge in [0.05, 0.1) is 13.2 Å². The monoisotopic (exact) mass is 467 g/mol. The van der Waals surface area contributed by atoms with Crippen molar-refractivity contribution in [2.24, 2.45) is 0 Å². The fourth-order valence-electron chi connectivity index (χ4n) is 2.28. The van der Waals surface area contributed by atoms with E-state index in [1.54, 1.807) is 18.4 Å². The molecule has 0 bridgehead atoms. The van der Waals surface area contributed by atoms with Crippen LogP contribution in [0.4, 0.5) is 0 Å². The predicted octanol–water partition coefficient (Wildman–Crippen LogP) is 6.63. The number of hydrogen-bond donors (Lipinski definition) is 1. The molecule has 156 valence electrons. The van der Waals surface area contributed by atoms with E-state index in [4.69, 9.17) is 60.7 Å². The van der Waals surface area contributed by atoms with Crippen LogP contribution < -0.4 is 15.0 Å². The highest BCUT2D eigenvalue weighted by Crippen LogP contribution is 2.31. The normalized spacial score (nSPS) is 10.6. The number of hydrogen-bond acceptors (Lipinski definition) is 4. The van der Waals surface area contributed by atoms with Gasteiger partial charge in [0, 0.05) is 12.6 Å². The fourth-order valence-corrected chi connectivity index (χ4v) is 2.53. The molecule has 1 N–H and O–H groups in total. The van der Waals surface area contributed by atoms with Crippen molar-refractivity contribution in [1.29, 1.82) is 0 Å². The van der Waals surface area contributed by atoms with Crippen LogP contribution in [-0.2, 0) is 17.7 Å². The first-order valence-electron chi connectivity index (χ1n) is 8.93. The van der Waals surface area contributed by atoms with Crippen molar-refractivity contribution in [2.75, 3.05) is 19.8 Å². The Kier molecular flexibility index (Phi) is 13.3. The van der Waals surface area contributed by atoms with Crippen LogP contribution in [0.1, 0.15) is 31.4 Å². The molecule has 0 fully saturated rings. The molecule has 0 unspecified atom stereocenters. The highest BCUT2D eigenvalue weighted by molar-refractivity contribution is 6.56. The Morgan fingerprint density at radius 2 is 1.54 bits per heavy atom. The zero-order chi connectivity index (χ0) is 20.8. The van der Waals surface area contributed by atoms with E-state index in [2.05, 4.69) is 19.3 Å². The average molecular weight is 469 g/mol. The summed E-state index contributed by atoms with van der Waals surface area (Å²) in [6.07, 6.45) is 9.18. The number of nitrogens with one attached hydrogen (secondary N) is 1. The lowest BCUT2D eigenvalue weighted by Gasteiger charge is -2.16. The van der Waals surface area contributed by atoms with Gasteiger partial charge in [0.25, 0.3) is 0 Å². The molecular formula is C20H25Cl4NO3. The van der Waals surface area contributed by atoms with Crippen molar-refractivity contribution in [3.8, 4) is 11.5 Å². The molecule has 0 spiro atoms. The van der Waals surface area contributed by atoms with Gasteiger partial charge in [0.15, 0.2) is 0 Å². The van der Waals surface area contributed by atoms with Crippen LogP contribution in [0.2, 0.25) is 0 Å². The first-order chi connectivity index (χ1) is 13.5. The number of rotatable bonds is 13. The molecule has 28 heavy (non-hydrogen) atoms. The number of benzene rings is 1. The quantitative estimate of drug-likeness (QED) is 0.260. The van der Waals surface area contributed by atoms with E-state index in [-0.39, 0.29) is 15.6 Å². The smallest absolute Gasteiger partial charge is 0.125 e. The van der Waals surface area contributed by atoms with Gasteiger partial charge >= 0.3 is 0 Å². The SMILES string of the molecule is CCc1cc(OCC=C(Cl)Cl)cc(CC)c1OCCC=CNOCC=C(Cl)Cl. The molecule has 0 saturated carbocycles. The van der Waals surface area contributed by atoms with E-state index in [1.165, 1.54) is 0 Å². The summed E-state index contributed by atoms with van der Waals surface area (Å²) in [5, 5.41) is 0. The van der Waals surface area contributed by atoms with E-state index in [0.717, 1.165) is 41.9 Å². The lowest BCUT2D eigenvalue weighted by Crippen LogP contribution is -2.07. The van der Waals surface area contributed by atoms with Gasteiger partial charge in [-0.05, 0) is 48.3 Å². The molecule has 1 rings (SSSR count). The summed E-state index contributed by atoms with van der Waals surface area (Å²) in [6.45, 7) is 5.33. The van der Waals surface area contributed by atoms with Crippen LogP contribution in [0, 0.1) is 0 Å². The molecule has 1 aromatic rings. The van der Waals surface area contributed by atoms with Crippen LogP contribution in [0.25, 0.3) is 0 Å². The molecule has 0 radical (unpaired) electrons. The molecule has 0 aromatic heterocycles. The second-order valence-corrected chi connectivity index (χ2v) is 7.56. The van der Waals surface area contributed by atoms with Crippen molar-refractivity contribution in [1.82, 2.24) is 5.48 Å². The van der Waals surface area contributed by atoms with Crippen molar-refractivity contribution in [3.63, 3.8) is 0 Å². The number of halogens is 4. The average Bonchev–Trinajstić information content (AvgIpc) is 2.66. The van der Waals surface area contributed by atoms with E-state index in [9.17, 15) is 0 Å². The minimum absolute atomic E-state index is 0.174. The van der Waals surface area contributed by atoms with Gasteiger partial charge in [-0.3, -0.25) is 10.3 Å². The standard InChI is InChI=1S/C20H25Cl4NO3/c1-3-15-13-17(26-11-7-18(21)22)14-16(4-2)20(15)27-10-6-5-9-25-28-12-8-19(23)24/h5,7-9,13-14,25H,3-4,6,10-12H2,1-2H3. The van der Waals surface area contributed by atoms with Crippen molar-refractivity contribution in [3.05, 3.63) is 56.7 Å². The zero-order valence-corrected chi connectivity index (χ0v) is 19.0. The van der Waals surface area contributed by atoms with Crippen LogP contribution in [0.5, 0.6) is 11.5 Å². The Labute approximate surface area is 187 Å². The van der Waals surface area contributed by atoms with E-state index < -0.39 is 0 Å². The fraction of sp³-hybridized carbons (Fsp3) is 0.400. The van der Waals surface area contributed by atoms with Gasteiger partial charge in [0.1, 0.15) is 27.1 Å². The van der Waals surface area contributed by atoms with Crippen molar-refractivity contribution >= 4 is 46.4 Å². The molecule has 0 aliphatic carbocycles. The molecule has 0 atom stereocenters. The summed E-state index contributed by atoms with van der Waals surface area (Å²) in [5.41, 5.74) is 4.89. The van der Waals surface area contributed by atoms with Crippen LogP contribution >= 0.6 is 46.4 Å². The Hall–Kier alpha value is -1.04. The minimum atomic E-state index is 0.174. The molecule has 4 nitrogen and oxygen atoms in total. The zero-order valence-electron chi connectivity index (χ0n) is 15.9. The molecule has 8 heteroatoms. The van der Waals surface area contributed by atoms with Gasteiger partial charge in [-0.15, -0.1) is 0 Å². The van der Waals surface area contributed by atoms with E-state index in [1.807, 2.05) is 18.2 Å². The third kappa shape index (κ3) is 10.5. The Morgan fingerprint density at radius 1 is 0.929 bits per heavy atom. The number of ether oxygens (including phenoxy) is 2. The topological polar surface area (TPSA) is 39.7 Å². The summed E-state index contributed by atoms with van der Waals surface area (Å²) in [6, 6.07) is 3.98. The molecule has 0 amide bonds. The van der Waals surface area contributed by atoms with Gasteiger partial charge in [0.2, 0.25) is 0 Å². The van der Waals surface area contributed by atoms with Crippen molar-refractivity contribution in [2.45, 2.75) is 33.1 Å². The molecule has 0 heterocycles. The first kappa shape index (κ1) is 25.0. The van der Waals surface area contributed by atoms with Crippen molar-refractivity contribution < 1.29 is 14.3 Å². The van der Waals surface area contributed by atoms with Crippen LogP contribution in [-0.4, -0.2) is 19.8 Å².